The fourth-order valence-corrected chi connectivity index (χ4v) is 2.07. The van der Waals surface area contributed by atoms with Crippen molar-refractivity contribution in [3.05, 3.63) is 36.4 Å². The van der Waals surface area contributed by atoms with Gasteiger partial charge in [0.05, 0.1) is 11.9 Å². The molecule has 0 bridgehead atoms. The normalized spacial score (nSPS) is 11.8. The summed E-state index contributed by atoms with van der Waals surface area (Å²) in [6, 6.07) is 2.70. The van der Waals surface area contributed by atoms with Crippen LogP contribution in [0.25, 0.3) is 5.69 Å². The first-order valence-corrected chi connectivity index (χ1v) is 6.20. The summed E-state index contributed by atoms with van der Waals surface area (Å²) < 4.78 is 38.4. The third-order valence-corrected chi connectivity index (χ3v) is 3.00. The minimum Gasteiger partial charge on any atom is -0.261 e. The van der Waals surface area contributed by atoms with Crippen LogP contribution in [0.15, 0.2) is 35.6 Å². The summed E-state index contributed by atoms with van der Waals surface area (Å²) in [7, 11) is 0. The van der Waals surface area contributed by atoms with Crippen LogP contribution in [0, 0.1) is 0 Å². The lowest BCUT2D eigenvalue weighted by atomic mass is 10.4. The summed E-state index contributed by atoms with van der Waals surface area (Å²) in [5.74, 6) is 0.873. The molecule has 2 rings (SSSR count). The number of aromatic nitrogens is 3. The molecule has 96 valence electrons. The predicted octanol–water partition coefficient (Wildman–Crippen LogP) is 3.40. The number of alkyl halides is 3. The second-order valence-corrected chi connectivity index (χ2v) is 4.79. The summed E-state index contributed by atoms with van der Waals surface area (Å²) in [6.45, 7) is 1.99. The Hall–Kier alpha value is -1.50. The van der Waals surface area contributed by atoms with Crippen LogP contribution >= 0.6 is 11.8 Å². The zero-order valence-corrected chi connectivity index (χ0v) is 10.3. The van der Waals surface area contributed by atoms with Crippen LogP contribution in [-0.4, -0.2) is 20.5 Å². The van der Waals surface area contributed by atoms with Crippen LogP contribution in [0.5, 0.6) is 0 Å². The maximum absolute atomic E-state index is 12.4. The molecule has 0 N–H and O–H groups in total. The van der Waals surface area contributed by atoms with E-state index in [0.29, 0.717) is 5.69 Å². The van der Waals surface area contributed by atoms with Crippen molar-refractivity contribution in [3.63, 3.8) is 0 Å². The van der Waals surface area contributed by atoms with Gasteiger partial charge >= 0.3 is 6.18 Å². The van der Waals surface area contributed by atoms with Crippen molar-refractivity contribution in [2.45, 2.75) is 18.0 Å². The minimum absolute atomic E-state index is 0.518. The zero-order chi connectivity index (χ0) is 13.2. The number of thioether (sulfide) groups is 1. The highest BCUT2D eigenvalue weighted by Crippen LogP contribution is 2.28. The fourth-order valence-electron chi connectivity index (χ4n) is 1.40. The first kappa shape index (κ1) is 12.9. The van der Waals surface area contributed by atoms with E-state index in [0.717, 1.165) is 16.7 Å². The average molecular weight is 273 g/mol. The molecule has 0 fully saturated rings. The number of rotatable bonds is 3. The Labute approximate surface area is 106 Å². The molecule has 0 saturated heterocycles. The SMILES string of the molecule is CCSc1cncc(-n2ccc(C(F)(F)F)n2)c1. The van der Waals surface area contributed by atoms with Crippen LogP contribution in [0.1, 0.15) is 12.6 Å². The second-order valence-electron chi connectivity index (χ2n) is 3.46. The van der Waals surface area contributed by atoms with E-state index < -0.39 is 11.9 Å². The number of hydrogen-bond donors (Lipinski definition) is 0. The zero-order valence-electron chi connectivity index (χ0n) is 9.48. The molecule has 0 aliphatic rings. The van der Waals surface area contributed by atoms with Crippen LogP contribution in [0.4, 0.5) is 13.2 Å². The highest BCUT2D eigenvalue weighted by Gasteiger charge is 2.33. The van der Waals surface area contributed by atoms with E-state index in [1.54, 1.807) is 24.0 Å². The van der Waals surface area contributed by atoms with Crippen LogP contribution in [-0.2, 0) is 6.18 Å². The summed E-state index contributed by atoms with van der Waals surface area (Å²) in [6.07, 6.45) is 0.00734. The Morgan fingerprint density at radius 2 is 2.11 bits per heavy atom. The third kappa shape index (κ3) is 2.84. The van der Waals surface area contributed by atoms with Gasteiger partial charge in [0.2, 0.25) is 0 Å². The molecule has 0 aliphatic heterocycles. The van der Waals surface area contributed by atoms with E-state index >= 15 is 0 Å². The summed E-state index contributed by atoms with van der Waals surface area (Å²) in [4.78, 5) is 4.89. The Bertz CT molecular complexity index is 536. The van der Waals surface area contributed by atoms with E-state index in [2.05, 4.69) is 10.1 Å². The maximum Gasteiger partial charge on any atom is 0.435 e. The lowest BCUT2D eigenvalue weighted by molar-refractivity contribution is -0.141. The van der Waals surface area contributed by atoms with Gasteiger partial charge in [0.15, 0.2) is 5.69 Å². The first-order chi connectivity index (χ1) is 8.50. The van der Waals surface area contributed by atoms with Gasteiger partial charge in [-0.1, -0.05) is 6.92 Å². The van der Waals surface area contributed by atoms with Crippen molar-refractivity contribution in [1.82, 2.24) is 14.8 Å². The first-order valence-electron chi connectivity index (χ1n) is 5.22. The highest BCUT2D eigenvalue weighted by atomic mass is 32.2. The molecule has 0 saturated carbocycles. The van der Waals surface area contributed by atoms with Crippen molar-refractivity contribution < 1.29 is 13.2 Å². The summed E-state index contributed by atoms with van der Waals surface area (Å²) in [5.41, 5.74) is -0.389. The Balaban J connectivity index is 2.31. The van der Waals surface area contributed by atoms with Crippen molar-refractivity contribution in [2.24, 2.45) is 0 Å². The molecule has 0 aromatic carbocycles. The van der Waals surface area contributed by atoms with Gasteiger partial charge in [-0.2, -0.15) is 18.3 Å². The number of pyridine rings is 1. The molecule has 2 aromatic heterocycles. The van der Waals surface area contributed by atoms with E-state index in [-0.39, 0.29) is 0 Å². The predicted molar refractivity (Wildman–Crippen MR) is 62.8 cm³/mol. The van der Waals surface area contributed by atoms with Gasteiger partial charge in [-0.15, -0.1) is 11.8 Å². The minimum atomic E-state index is -4.42. The molecule has 2 heterocycles. The fraction of sp³-hybridized carbons (Fsp3) is 0.273. The molecule has 0 aliphatic carbocycles. The molecular formula is C11H10F3N3S. The largest absolute Gasteiger partial charge is 0.435 e. The Kier molecular flexibility index (Phi) is 3.60. The van der Waals surface area contributed by atoms with E-state index in [4.69, 9.17) is 0 Å². The molecule has 0 radical (unpaired) electrons. The Morgan fingerprint density at radius 3 is 2.72 bits per heavy atom. The smallest absolute Gasteiger partial charge is 0.261 e. The lowest BCUT2D eigenvalue weighted by Crippen LogP contribution is -2.07. The molecular weight excluding hydrogens is 263 g/mol. The lowest BCUT2D eigenvalue weighted by Gasteiger charge is -2.04. The molecule has 0 atom stereocenters. The number of hydrogen-bond acceptors (Lipinski definition) is 3. The van der Waals surface area contributed by atoms with Crippen molar-refractivity contribution >= 4 is 11.8 Å². The molecule has 3 nitrogen and oxygen atoms in total. The van der Waals surface area contributed by atoms with E-state index in [9.17, 15) is 13.2 Å². The second kappa shape index (κ2) is 5.01. The summed E-state index contributed by atoms with van der Waals surface area (Å²) in [5, 5.41) is 3.50. The Morgan fingerprint density at radius 1 is 1.33 bits per heavy atom. The van der Waals surface area contributed by atoms with Crippen LogP contribution in [0.3, 0.4) is 0 Å². The molecule has 2 aromatic rings. The number of nitrogens with zero attached hydrogens (tertiary/aromatic N) is 3. The van der Waals surface area contributed by atoms with Gasteiger partial charge in [-0.3, -0.25) is 4.98 Å². The van der Waals surface area contributed by atoms with Crippen molar-refractivity contribution in [2.75, 3.05) is 5.75 Å². The van der Waals surface area contributed by atoms with E-state index in [1.807, 2.05) is 6.92 Å². The quantitative estimate of drug-likeness (QED) is 0.803. The molecule has 7 heteroatoms. The van der Waals surface area contributed by atoms with Gasteiger partial charge in [0.25, 0.3) is 0 Å². The van der Waals surface area contributed by atoms with Gasteiger partial charge in [0.1, 0.15) is 0 Å². The molecule has 18 heavy (non-hydrogen) atoms. The van der Waals surface area contributed by atoms with Crippen LogP contribution < -0.4 is 0 Å². The molecule has 0 unspecified atom stereocenters. The third-order valence-electron chi connectivity index (χ3n) is 2.15. The van der Waals surface area contributed by atoms with E-state index in [1.165, 1.54) is 17.1 Å². The van der Waals surface area contributed by atoms with Gasteiger partial charge in [0, 0.05) is 17.3 Å². The van der Waals surface area contributed by atoms with Crippen LogP contribution in [0.2, 0.25) is 0 Å². The van der Waals surface area contributed by atoms with Crippen molar-refractivity contribution in [3.8, 4) is 5.69 Å². The standard InChI is InChI=1S/C11H10F3N3S/c1-2-18-9-5-8(6-15-7-9)17-4-3-10(16-17)11(12,13)14/h3-7H,2H2,1H3. The number of halogens is 3. The van der Waals surface area contributed by atoms with Crippen molar-refractivity contribution in [1.29, 1.82) is 0 Å². The van der Waals surface area contributed by atoms with Gasteiger partial charge in [-0.25, -0.2) is 4.68 Å². The maximum atomic E-state index is 12.4. The summed E-state index contributed by atoms with van der Waals surface area (Å²) >= 11 is 1.57. The van der Waals surface area contributed by atoms with Gasteiger partial charge < -0.3 is 0 Å². The topological polar surface area (TPSA) is 30.7 Å². The highest BCUT2D eigenvalue weighted by molar-refractivity contribution is 7.99. The van der Waals surface area contributed by atoms with Gasteiger partial charge in [-0.05, 0) is 17.9 Å². The molecule has 0 spiro atoms. The average Bonchev–Trinajstić information content (AvgIpc) is 2.78. The monoisotopic (exact) mass is 273 g/mol. The molecule has 0 amide bonds.